The van der Waals surface area contributed by atoms with E-state index in [4.69, 9.17) is 4.74 Å². The van der Waals surface area contributed by atoms with E-state index in [1.807, 2.05) is 42.5 Å². The number of methoxy groups -OCH3 is 1. The molecule has 0 fully saturated rings. The number of hydrogen-bond donors (Lipinski definition) is 1. The van der Waals surface area contributed by atoms with Crippen molar-refractivity contribution in [3.05, 3.63) is 65.7 Å². The highest BCUT2D eigenvalue weighted by Gasteiger charge is 1.95. The lowest BCUT2D eigenvalue weighted by Gasteiger charge is -2.04. The van der Waals surface area contributed by atoms with E-state index in [9.17, 15) is 0 Å². The maximum Gasteiger partial charge on any atom is 0.119 e. The fourth-order valence-electron chi connectivity index (χ4n) is 1.88. The van der Waals surface area contributed by atoms with Crippen molar-refractivity contribution in [1.82, 2.24) is 5.32 Å². The number of ether oxygens (including phenoxy) is 1. The summed E-state index contributed by atoms with van der Waals surface area (Å²) in [6.45, 7) is 1.62. The maximum absolute atomic E-state index is 5.21. The first-order valence-corrected chi connectivity index (χ1v) is 6.76. The lowest BCUT2D eigenvalue weighted by molar-refractivity contribution is 0.414. The van der Waals surface area contributed by atoms with Gasteiger partial charge in [-0.3, -0.25) is 0 Å². The summed E-state index contributed by atoms with van der Waals surface area (Å²) >= 11 is 0. The van der Waals surface area contributed by atoms with Crippen molar-refractivity contribution in [3.63, 3.8) is 0 Å². The second kappa shape index (κ2) is 8.04. The summed E-state index contributed by atoms with van der Waals surface area (Å²) in [7, 11) is 1.69. The standard InChI is InChI=1S/C18H19NO/c1-20-18-11-5-9-17(15-18)12-14-19-13-6-10-16-7-3-2-4-8-16/h2-5,7-9,11,15,19H,12-14H2,1H3. The number of rotatable bonds is 5. The van der Waals surface area contributed by atoms with Gasteiger partial charge in [0.1, 0.15) is 5.75 Å². The zero-order valence-corrected chi connectivity index (χ0v) is 11.7. The van der Waals surface area contributed by atoms with Crippen LogP contribution in [0.4, 0.5) is 0 Å². The van der Waals surface area contributed by atoms with E-state index in [-0.39, 0.29) is 0 Å². The van der Waals surface area contributed by atoms with E-state index in [1.54, 1.807) is 7.11 Å². The third kappa shape index (κ3) is 4.79. The van der Waals surface area contributed by atoms with E-state index < -0.39 is 0 Å². The second-order valence-corrected chi connectivity index (χ2v) is 4.45. The van der Waals surface area contributed by atoms with Crippen LogP contribution in [0.1, 0.15) is 11.1 Å². The first kappa shape index (κ1) is 14.2. The zero-order chi connectivity index (χ0) is 14.0. The molecule has 0 aliphatic rings. The van der Waals surface area contributed by atoms with Crippen LogP contribution in [0.3, 0.4) is 0 Å². The Morgan fingerprint density at radius 2 is 1.90 bits per heavy atom. The molecule has 1 N–H and O–H groups in total. The lowest BCUT2D eigenvalue weighted by atomic mass is 10.1. The van der Waals surface area contributed by atoms with E-state index in [0.29, 0.717) is 6.54 Å². The Kier molecular flexibility index (Phi) is 5.70. The average Bonchev–Trinajstić information content (AvgIpc) is 2.52. The largest absolute Gasteiger partial charge is 0.497 e. The van der Waals surface area contributed by atoms with Gasteiger partial charge in [-0.25, -0.2) is 0 Å². The van der Waals surface area contributed by atoms with Crippen molar-refractivity contribution in [1.29, 1.82) is 0 Å². The summed E-state index contributed by atoms with van der Waals surface area (Å²) in [5, 5.41) is 3.33. The van der Waals surface area contributed by atoms with Gasteiger partial charge in [-0.1, -0.05) is 42.2 Å². The molecule has 0 aliphatic heterocycles. The Morgan fingerprint density at radius 1 is 1.05 bits per heavy atom. The predicted molar refractivity (Wildman–Crippen MR) is 82.9 cm³/mol. The second-order valence-electron chi connectivity index (χ2n) is 4.45. The highest BCUT2D eigenvalue weighted by atomic mass is 16.5. The smallest absolute Gasteiger partial charge is 0.119 e. The van der Waals surface area contributed by atoms with Crippen LogP contribution in [0.2, 0.25) is 0 Å². The molecule has 0 saturated carbocycles. The molecule has 2 heteroatoms. The van der Waals surface area contributed by atoms with Gasteiger partial charge in [0.15, 0.2) is 0 Å². The summed E-state index contributed by atoms with van der Waals surface area (Å²) in [5.74, 6) is 7.16. The molecule has 0 atom stereocenters. The van der Waals surface area contributed by atoms with Gasteiger partial charge in [0, 0.05) is 12.1 Å². The molecule has 2 nitrogen and oxygen atoms in total. The van der Waals surface area contributed by atoms with Crippen molar-refractivity contribution in [2.24, 2.45) is 0 Å². The molecule has 102 valence electrons. The molecule has 20 heavy (non-hydrogen) atoms. The van der Waals surface area contributed by atoms with E-state index in [1.165, 1.54) is 5.56 Å². The molecular weight excluding hydrogens is 246 g/mol. The molecular formula is C18H19NO. The van der Waals surface area contributed by atoms with Crippen molar-refractivity contribution in [2.45, 2.75) is 6.42 Å². The lowest BCUT2D eigenvalue weighted by Crippen LogP contribution is -2.17. The molecule has 0 amide bonds. The van der Waals surface area contributed by atoms with E-state index in [0.717, 1.165) is 24.3 Å². The van der Waals surface area contributed by atoms with Crippen LogP contribution in [0.5, 0.6) is 5.75 Å². The Morgan fingerprint density at radius 3 is 2.70 bits per heavy atom. The van der Waals surface area contributed by atoms with Gasteiger partial charge in [-0.05, 0) is 36.2 Å². The molecule has 0 unspecified atom stereocenters. The molecule has 2 aromatic rings. The van der Waals surface area contributed by atoms with Crippen molar-refractivity contribution >= 4 is 0 Å². The van der Waals surface area contributed by atoms with Crippen LogP contribution in [-0.4, -0.2) is 20.2 Å². The average molecular weight is 265 g/mol. The third-order valence-corrected chi connectivity index (χ3v) is 2.94. The zero-order valence-electron chi connectivity index (χ0n) is 11.7. The molecule has 0 saturated heterocycles. The van der Waals surface area contributed by atoms with Gasteiger partial charge in [0.25, 0.3) is 0 Å². The van der Waals surface area contributed by atoms with Gasteiger partial charge < -0.3 is 10.1 Å². The molecule has 0 heterocycles. The molecule has 2 rings (SSSR count). The minimum atomic E-state index is 0.707. The summed E-state index contributed by atoms with van der Waals surface area (Å²) in [6, 6.07) is 18.2. The quantitative estimate of drug-likeness (QED) is 0.663. The van der Waals surface area contributed by atoms with Crippen molar-refractivity contribution in [2.75, 3.05) is 20.2 Å². The van der Waals surface area contributed by atoms with Crippen LogP contribution in [0.15, 0.2) is 54.6 Å². The van der Waals surface area contributed by atoms with Crippen LogP contribution in [0.25, 0.3) is 0 Å². The van der Waals surface area contributed by atoms with Crippen LogP contribution in [0, 0.1) is 11.8 Å². The SMILES string of the molecule is COc1cccc(CCNCC#Cc2ccccc2)c1. The monoisotopic (exact) mass is 265 g/mol. The maximum atomic E-state index is 5.21. The van der Waals surface area contributed by atoms with Crippen LogP contribution >= 0.6 is 0 Å². The molecule has 0 radical (unpaired) electrons. The van der Waals surface area contributed by atoms with Crippen molar-refractivity contribution < 1.29 is 4.74 Å². The highest BCUT2D eigenvalue weighted by molar-refractivity contribution is 5.33. The van der Waals surface area contributed by atoms with Gasteiger partial charge in [0.2, 0.25) is 0 Å². The van der Waals surface area contributed by atoms with E-state index in [2.05, 4.69) is 29.3 Å². The molecule has 2 aromatic carbocycles. The number of benzene rings is 2. The summed E-state index contributed by atoms with van der Waals surface area (Å²) in [6.07, 6.45) is 0.976. The highest BCUT2D eigenvalue weighted by Crippen LogP contribution is 2.12. The Hall–Kier alpha value is -2.24. The minimum Gasteiger partial charge on any atom is -0.497 e. The summed E-state index contributed by atoms with van der Waals surface area (Å²) in [4.78, 5) is 0. The topological polar surface area (TPSA) is 21.3 Å². The first-order chi connectivity index (χ1) is 9.88. The minimum absolute atomic E-state index is 0.707. The van der Waals surface area contributed by atoms with Crippen LogP contribution in [-0.2, 0) is 6.42 Å². The normalized spacial score (nSPS) is 9.65. The first-order valence-electron chi connectivity index (χ1n) is 6.76. The Bertz CT molecular complexity index is 581. The van der Waals surface area contributed by atoms with Crippen molar-refractivity contribution in [3.8, 4) is 17.6 Å². The van der Waals surface area contributed by atoms with E-state index >= 15 is 0 Å². The van der Waals surface area contributed by atoms with Gasteiger partial charge in [-0.15, -0.1) is 0 Å². The molecule has 0 bridgehead atoms. The summed E-state index contributed by atoms with van der Waals surface area (Å²) in [5.41, 5.74) is 2.33. The van der Waals surface area contributed by atoms with Gasteiger partial charge in [0.05, 0.1) is 13.7 Å². The molecule has 0 spiro atoms. The fourth-order valence-corrected chi connectivity index (χ4v) is 1.88. The fraction of sp³-hybridized carbons (Fsp3) is 0.222. The number of nitrogens with one attached hydrogen (secondary N) is 1. The van der Waals surface area contributed by atoms with Gasteiger partial charge >= 0.3 is 0 Å². The predicted octanol–water partition coefficient (Wildman–Crippen LogP) is 2.88. The summed E-state index contributed by atoms with van der Waals surface area (Å²) < 4.78 is 5.21. The van der Waals surface area contributed by atoms with Gasteiger partial charge in [-0.2, -0.15) is 0 Å². The third-order valence-electron chi connectivity index (χ3n) is 2.94. The Balaban J connectivity index is 1.70. The van der Waals surface area contributed by atoms with Crippen LogP contribution < -0.4 is 10.1 Å². The molecule has 0 aliphatic carbocycles. The molecule has 0 aromatic heterocycles. The number of hydrogen-bond acceptors (Lipinski definition) is 2. The Labute approximate surface area is 120 Å².